The van der Waals surface area contributed by atoms with Gasteiger partial charge in [-0.15, -0.1) is 0 Å². The van der Waals surface area contributed by atoms with Crippen molar-refractivity contribution in [3.05, 3.63) is 23.9 Å². The Morgan fingerprint density at radius 1 is 1.43 bits per heavy atom. The van der Waals surface area contributed by atoms with Crippen LogP contribution in [0.4, 0.5) is 0 Å². The Bertz CT molecular complexity index is 493. The number of ether oxygens (including phenoxy) is 2. The van der Waals surface area contributed by atoms with E-state index in [0.29, 0.717) is 17.5 Å². The van der Waals surface area contributed by atoms with Crippen molar-refractivity contribution in [2.24, 2.45) is 0 Å². The number of amides is 1. The first kappa shape index (κ1) is 15.7. The number of pyridine rings is 1. The molecule has 116 valence electrons. The summed E-state index contributed by atoms with van der Waals surface area (Å²) in [5.41, 5.74) is 0.541. The van der Waals surface area contributed by atoms with E-state index in [-0.39, 0.29) is 18.1 Å². The van der Waals surface area contributed by atoms with Gasteiger partial charge in [-0.2, -0.15) is 0 Å². The quantitative estimate of drug-likeness (QED) is 0.875. The Balaban J connectivity index is 2.04. The molecule has 21 heavy (non-hydrogen) atoms. The number of methoxy groups -OCH3 is 2. The van der Waals surface area contributed by atoms with Gasteiger partial charge in [-0.25, -0.2) is 4.98 Å². The van der Waals surface area contributed by atoms with E-state index in [1.807, 2.05) is 0 Å². The molecular weight excluding hydrogens is 270 g/mol. The van der Waals surface area contributed by atoms with E-state index in [0.717, 1.165) is 13.1 Å². The maximum absolute atomic E-state index is 12.3. The van der Waals surface area contributed by atoms with Gasteiger partial charge in [-0.1, -0.05) is 0 Å². The molecule has 1 saturated heterocycles. The minimum absolute atomic E-state index is 0.0101. The zero-order chi connectivity index (χ0) is 15.4. The molecule has 2 heterocycles. The molecule has 6 nitrogen and oxygen atoms in total. The van der Waals surface area contributed by atoms with Crippen LogP contribution >= 0.6 is 0 Å². The summed E-state index contributed by atoms with van der Waals surface area (Å²) in [4.78, 5) is 18.6. The summed E-state index contributed by atoms with van der Waals surface area (Å²) >= 11 is 0. The van der Waals surface area contributed by atoms with E-state index < -0.39 is 0 Å². The zero-order valence-corrected chi connectivity index (χ0v) is 13.0. The van der Waals surface area contributed by atoms with Crippen molar-refractivity contribution in [1.29, 1.82) is 0 Å². The molecule has 0 aromatic carbocycles. The predicted octanol–water partition coefficient (Wildman–Crippen LogP) is 0.928. The lowest BCUT2D eigenvalue weighted by molar-refractivity contribution is 0.0753. The molecule has 1 aliphatic heterocycles. The molecule has 6 heteroatoms. The van der Waals surface area contributed by atoms with E-state index in [1.165, 1.54) is 7.11 Å². The van der Waals surface area contributed by atoms with Gasteiger partial charge in [0.05, 0.1) is 19.3 Å². The lowest BCUT2D eigenvalue weighted by Gasteiger charge is -2.20. The summed E-state index contributed by atoms with van der Waals surface area (Å²) in [5, 5.41) is 3.04. The summed E-state index contributed by atoms with van der Waals surface area (Å²) in [6, 6.07) is 3.73. The van der Waals surface area contributed by atoms with E-state index in [4.69, 9.17) is 9.47 Å². The molecule has 2 rings (SSSR count). The molecule has 1 amide bonds. The first-order valence-corrected chi connectivity index (χ1v) is 7.13. The lowest BCUT2D eigenvalue weighted by atomic mass is 10.2. The van der Waals surface area contributed by atoms with Gasteiger partial charge in [0.1, 0.15) is 0 Å². The smallest absolute Gasteiger partial charge is 0.251 e. The highest BCUT2D eigenvalue weighted by molar-refractivity contribution is 5.94. The topological polar surface area (TPSA) is 63.7 Å². The SMILES string of the molecule is COc1cc(C(=O)N[C@H]2CN(C(C)C)C[C@@H]2OC)ccn1. The summed E-state index contributed by atoms with van der Waals surface area (Å²) in [7, 11) is 3.21. The molecule has 2 atom stereocenters. The van der Waals surface area contributed by atoms with Crippen molar-refractivity contribution in [2.75, 3.05) is 27.3 Å². The first-order valence-electron chi connectivity index (χ1n) is 7.13. The fourth-order valence-corrected chi connectivity index (χ4v) is 2.52. The highest BCUT2D eigenvalue weighted by atomic mass is 16.5. The Kier molecular flexibility index (Phi) is 5.14. The van der Waals surface area contributed by atoms with Crippen LogP contribution in [-0.4, -0.2) is 61.3 Å². The maximum Gasteiger partial charge on any atom is 0.251 e. The van der Waals surface area contributed by atoms with Crippen molar-refractivity contribution >= 4 is 5.91 Å². The molecule has 0 aliphatic carbocycles. The number of hydrogen-bond acceptors (Lipinski definition) is 5. The summed E-state index contributed by atoms with van der Waals surface area (Å²) in [6.07, 6.45) is 1.58. The van der Waals surface area contributed by atoms with Crippen molar-refractivity contribution in [3.8, 4) is 5.88 Å². The monoisotopic (exact) mass is 293 g/mol. The van der Waals surface area contributed by atoms with Crippen LogP contribution in [0.1, 0.15) is 24.2 Å². The molecule has 0 spiro atoms. The van der Waals surface area contributed by atoms with Crippen molar-refractivity contribution in [1.82, 2.24) is 15.2 Å². The third kappa shape index (κ3) is 3.71. The summed E-state index contributed by atoms with van der Waals surface area (Å²) in [6.45, 7) is 5.91. The second-order valence-corrected chi connectivity index (χ2v) is 5.49. The number of rotatable bonds is 5. The Hall–Kier alpha value is -1.66. The Morgan fingerprint density at radius 3 is 2.81 bits per heavy atom. The molecule has 1 fully saturated rings. The third-order valence-electron chi connectivity index (χ3n) is 3.85. The lowest BCUT2D eigenvalue weighted by Crippen LogP contribution is -2.43. The molecule has 1 N–H and O–H groups in total. The molecule has 1 aromatic heterocycles. The van der Waals surface area contributed by atoms with Gasteiger partial charge in [-0.3, -0.25) is 9.69 Å². The highest BCUT2D eigenvalue weighted by Crippen LogP contribution is 2.17. The number of nitrogens with zero attached hydrogens (tertiary/aromatic N) is 2. The van der Waals surface area contributed by atoms with Crippen molar-refractivity contribution < 1.29 is 14.3 Å². The second-order valence-electron chi connectivity index (χ2n) is 5.49. The van der Waals surface area contributed by atoms with Crippen LogP contribution in [0.5, 0.6) is 5.88 Å². The van der Waals surface area contributed by atoms with Crippen LogP contribution in [0, 0.1) is 0 Å². The average molecular weight is 293 g/mol. The standard InChI is InChI=1S/C15H23N3O3/c1-10(2)18-8-12(13(9-18)20-3)17-15(19)11-5-6-16-14(7-11)21-4/h5-7,10,12-13H,8-9H2,1-4H3,(H,17,19)/t12-,13-/m0/s1. The molecular formula is C15H23N3O3. The Labute approximate surface area is 125 Å². The van der Waals surface area contributed by atoms with E-state index in [1.54, 1.807) is 25.4 Å². The second kappa shape index (κ2) is 6.87. The fraction of sp³-hybridized carbons (Fsp3) is 0.600. The van der Waals surface area contributed by atoms with Gasteiger partial charge >= 0.3 is 0 Å². The molecule has 0 bridgehead atoms. The zero-order valence-electron chi connectivity index (χ0n) is 13.0. The van der Waals surface area contributed by atoms with E-state index in [2.05, 4.69) is 29.0 Å². The summed E-state index contributed by atoms with van der Waals surface area (Å²) in [5.74, 6) is 0.300. The third-order valence-corrected chi connectivity index (χ3v) is 3.85. The van der Waals surface area contributed by atoms with Gasteiger partial charge in [0.15, 0.2) is 0 Å². The van der Waals surface area contributed by atoms with Crippen molar-refractivity contribution in [3.63, 3.8) is 0 Å². The van der Waals surface area contributed by atoms with Crippen LogP contribution in [-0.2, 0) is 4.74 Å². The number of hydrogen-bond donors (Lipinski definition) is 1. The fourth-order valence-electron chi connectivity index (χ4n) is 2.52. The molecule has 0 radical (unpaired) electrons. The largest absolute Gasteiger partial charge is 0.481 e. The number of likely N-dealkylation sites (tertiary alicyclic amines) is 1. The van der Waals surface area contributed by atoms with Crippen LogP contribution in [0.3, 0.4) is 0 Å². The van der Waals surface area contributed by atoms with E-state index in [9.17, 15) is 4.79 Å². The number of carbonyl (C=O) groups is 1. The van der Waals surface area contributed by atoms with Crippen LogP contribution in [0.2, 0.25) is 0 Å². The number of carbonyl (C=O) groups excluding carboxylic acids is 1. The summed E-state index contributed by atoms with van der Waals surface area (Å²) < 4.78 is 10.5. The van der Waals surface area contributed by atoms with Gasteiger partial charge < -0.3 is 14.8 Å². The minimum Gasteiger partial charge on any atom is -0.481 e. The maximum atomic E-state index is 12.3. The normalized spacial score (nSPS) is 22.5. The molecule has 1 aliphatic rings. The van der Waals surface area contributed by atoms with Gasteiger partial charge in [0.2, 0.25) is 5.88 Å². The molecule has 0 unspecified atom stereocenters. The van der Waals surface area contributed by atoms with Gasteiger partial charge in [-0.05, 0) is 19.9 Å². The van der Waals surface area contributed by atoms with Crippen LogP contribution in [0.15, 0.2) is 18.3 Å². The Morgan fingerprint density at radius 2 is 2.19 bits per heavy atom. The minimum atomic E-state index is -0.131. The van der Waals surface area contributed by atoms with Crippen LogP contribution < -0.4 is 10.1 Å². The van der Waals surface area contributed by atoms with Gasteiger partial charge in [0, 0.05) is 44.1 Å². The van der Waals surface area contributed by atoms with Gasteiger partial charge in [0.25, 0.3) is 5.91 Å². The predicted molar refractivity (Wildman–Crippen MR) is 79.5 cm³/mol. The molecule has 1 aromatic rings. The first-order chi connectivity index (χ1) is 10.0. The van der Waals surface area contributed by atoms with E-state index >= 15 is 0 Å². The number of aromatic nitrogens is 1. The average Bonchev–Trinajstić information content (AvgIpc) is 2.90. The highest BCUT2D eigenvalue weighted by Gasteiger charge is 2.35. The van der Waals surface area contributed by atoms with Crippen molar-refractivity contribution in [2.45, 2.75) is 32.0 Å². The van der Waals surface area contributed by atoms with Crippen LogP contribution in [0.25, 0.3) is 0 Å². The number of nitrogens with one attached hydrogen (secondary N) is 1. The molecule has 0 saturated carbocycles.